The number of anilines is 3. The lowest BCUT2D eigenvalue weighted by Gasteiger charge is -2.26. The first kappa shape index (κ1) is 21.9. The molecule has 0 saturated carbocycles. The van der Waals surface area contributed by atoms with Crippen molar-refractivity contribution in [2.24, 2.45) is 0 Å². The van der Waals surface area contributed by atoms with Gasteiger partial charge in [-0.05, 0) is 42.5 Å². The number of aromatic nitrogens is 2. The lowest BCUT2D eigenvalue weighted by molar-refractivity contribution is -0.114. The maximum absolute atomic E-state index is 12.7. The molecule has 1 aromatic heterocycles. The number of nitrogens with zero attached hydrogens (tertiary/aromatic N) is 3. The second kappa shape index (κ2) is 9.43. The summed E-state index contributed by atoms with van der Waals surface area (Å²) < 4.78 is 32.2. The van der Waals surface area contributed by atoms with Gasteiger partial charge >= 0.3 is 0 Å². The number of benzene rings is 2. The minimum atomic E-state index is -3.54. The van der Waals surface area contributed by atoms with E-state index in [1.165, 1.54) is 11.2 Å². The molecule has 0 unspecified atom stereocenters. The Morgan fingerprint density at radius 1 is 0.969 bits per heavy atom. The van der Waals surface area contributed by atoms with Gasteiger partial charge in [-0.1, -0.05) is 12.1 Å². The lowest BCUT2D eigenvalue weighted by atomic mass is 10.1. The van der Waals surface area contributed by atoms with E-state index in [0.29, 0.717) is 49.3 Å². The summed E-state index contributed by atoms with van der Waals surface area (Å²) in [6.45, 7) is 2.98. The maximum atomic E-state index is 12.7. The highest BCUT2D eigenvalue weighted by Crippen LogP contribution is 2.23. The van der Waals surface area contributed by atoms with Crippen LogP contribution >= 0.6 is 0 Å². The number of rotatable bonds is 6. The number of carbonyl (C=O) groups is 1. The molecule has 2 heterocycles. The Balaban J connectivity index is 1.47. The molecule has 4 rings (SSSR count). The van der Waals surface area contributed by atoms with Gasteiger partial charge in [-0.25, -0.2) is 18.4 Å². The zero-order valence-corrected chi connectivity index (χ0v) is 18.3. The van der Waals surface area contributed by atoms with Gasteiger partial charge in [0.1, 0.15) is 0 Å². The molecule has 1 amide bonds. The molecule has 1 aliphatic heterocycles. The van der Waals surface area contributed by atoms with E-state index >= 15 is 0 Å². The molecular weight excluding hydrogens is 430 g/mol. The molecule has 0 atom stereocenters. The SMILES string of the molecule is CC(=O)Nc1ccc(-c2ccnc(Nc3ccc(S(=O)(=O)N4CCOCC4)cc3)n2)cc1. The lowest BCUT2D eigenvalue weighted by Crippen LogP contribution is -2.40. The smallest absolute Gasteiger partial charge is 0.243 e. The largest absolute Gasteiger partial charge is 0.379 e. The number of amides is 1. The fourth-order valence-corrected chi connectivity index (χ4v) is 4.69. The van der Waals surface area contributed by atoms with Gasteiger partial charge in [0.25, 0.3) is 0 Å². The summed E-state index contributed by atoms with van der Waals surface area (Å²) in [7, 11) is -3.54. The Hall–Kier alpha value is -3.34. The van der Waals surface area contributed by atoms with Crippen LogP contribution in [0.2, 0.25) is 0 Å². The molecule has 0 aliphatic carbocycles. The second-order valence-electron chi connectivity index (χ2n) is 7.19. The van der Waals surface area contributed by atoms with Gasteiger partial charge in [0, 0.05) is 43.1 Å². The molecule has 3 aromatic rings. The topological polar surface area (TPSA) is 114 Å². The third-order valence-electron chi connectivity index (χ3n) is 4.87. The van der Waals surface area contributed by atoms with E-state index in [4.69, 9.17) is 4.74 Å². The van der Waals surface area contributed by atoms with Crippen LogP contribution in [0.4, 0.5) is 17.3 Å². The zero-order valence-electron chi connectivity index (χ0n) is 17.5. The number of carbonyl (C=O) groups excluding carboxylic acids is 1. The zero-order chi connectivity index (χ0) is 22.6. The summed E-state index contributed by atoms with van der Waals surface area (Å²) in [6, 6.07) is 15.6. The predicted octanol–water partition coefficient (Wildman–Crippen LogP) is 2.87. The molecular formula is C22H23N5O4S. The average molecular weight is 454 g/mol. The molecule has 0 radical (unpaired) electrons. The Morgan fingerprint density at radius 2 is 1.62 bits per heavy atom. The van der Waals surface area contributed by atoms with Crippen LogP contribution in [0.25, 0.3) is 11.3 Å². The highest BCUT2D eigenvalue weighted by atomic mass is 32.2. The molecule has 2 aromatic carbocycles. The summed E-state index contributed by atoms with van der Waals surface area (Å²) in [4.78, 5) is 20.2. The van der Waals surface area contributed by atoms with Crippen LogP contribution in [0.15, 0.2) is 65.7 Å². The third kappa shape index (κ3) is 5.10. The van der Waals surface area contributed by atoms with Crippen molar-refractivity contribution in [3.8, 4) is 11.3 Å². The summed E-state index contributed by atoms with van der Waals surface area (Å²) >= 11 is 0. The van der Waals surface area contributed by atoms with Gasteiger partial charge in [-0.3, -0.25) is 4.79 Å². The number of sulfonamides is 1. The Bertz CT molecular complexity index is 1190. The van der Waals surface area contributed by atoms with Crippen LogP contribution in [0.1, 0.15) is 6.92 Å². The summed E-state index contributed by atoms with van der Waals surface area (Å²) in [5.41, 5.74) is 2.96. The second-order valence-corrected chi connectivity index (χ2v) is 9.13. The fourth-order valence-electron chi connectivity index (χ4n) is 3.28. The van der Waals surface area contributed by atoms with Crippen LogP contribution < -0.4 is 10.6 Å². The maximum Gasteiger partial charge on any atom is 0.243 e. The van der Waals surface area contributed by atoms with Crippen molar-refractivity contribution in [3.05, 3.63) is 60.8 Å². The van der Waals surface area contributed by atoms with Crippen LogP contribution in [0.3, 0.4) is 0 Å². The molecule has 1 saturated heterocycles. The van der Waals surface area contributed by atoms with E-state index in [1.54, 1.807) is 48.7 Å². The molecule has 0 bridgehead atoms. The summed E-state index contributed by atoms with van der Waals surface area (Å²) in [5, 5.41) is 5.83. The van der Waals surface area contributed by atoms with Gasteiger partial charge in [-0.15, -0.1) is 0 Å². The molecule has 32 heavy (non-hydrogen) atoms. The van der Waals surface area contributed by atoms with Gasteiger partial charge in [0.15, 0.2) is 0 Å². The predicted molar refractivity (Wildman–Crippen MR) is 121 cm³/mol. The van der Waals surface area contributed by atoms with Crippen molar-refractivity contribution in [2.75, 3.05) is 36.9 Å². The van der Waals surface area contributed by atoms with Crippen molar-refractivity contribution in [2.45, 2.75) is 11.8 Å². The number of hydrogen-bond donors (Lipinski definition) is 2. The first-order valence-electron chi connectivity index (χ1n) is 10.1. The van der Waals surface area contributed by atoms with Gasteiger partial charge in [0.05, 0.1) is 23.8 Å². The van der Waals surface area contributed by atoms with Crippen molar-refractivity contribution in [1.82, 2.24) is 14.3 Å². The molecule has 9 nitrogen and oxygen atoms in total. The highest BCUT2D eigenvalue weighted by Gasteiger charge is 2.26. The van der Waals surface area contributed by atoms with E-state index in [1.807, 2.05) is 12.1 Å². The molecule has 166 valence electrons. The average Bonchev–Trinajstić information content (AvgIpc) is 2.80. The summed E-state index contributed by atoms with van der Waals surface area (Å²) in [6.07, 6.45) is 1.64. The Kier molecular flexibility index (Phi) is 6.45. The third-order valence-corrected chi connectivity index (χ3v) is 6.79. The van der Waals surface area contributed by atoms with E-state index in [9.17, 15) is 13.2 Å². The number of morpholine rings is 1. The fraction of sp³-hybridized carbons (Fsp3) is 0.227. The normalized spacial score (nSPS) is 14.7. The van der Waals surface area contributed by atoms with Gasteiger partial charge < -0.3 is 15.4 Å². The number of ether oxygens (including phenoxy) is 1. The van der Waals surface area contributed by atoms with Gasteiger partial charge in [0.2, 0.25) is 21.9 Å². The molecule has 1 aliphatic rings. The van der Waals surface area contributed by atoms with Crippen molar-refractivity contribution in [1.29, 1.82) is 0 Å². The quantitative estimate of drug-likeness (QED) is 0.590. The Labute approximate surface area is 186 Å². The first-order chi connectivity index (χ1) is 15.4. The molecule has 2 N–H and O–H groups in total. The molecule has 0 spiro atoms. The Morgan fingerprint density at radius 3 is 2.28 bits per heavy atom. The van der Waals surface area contributed by atoms with Crippen LogP contribution in [0, 0.1) is 0 Å². The monoisotopic (exact) mass is 453 g/mol. The van der Waals surface area contributed by atoms with Gasteiger partial charge in [-0.2, -0.15) is 4.31 Å². The van der Waals surface area contributed by atoms with E-state index in [2.05, 4.69) is 20.6 Å². The van der Waals surface area contributed by atoms with E-state index < -0.39 is 10.0 Å². The van der Waals surface area contributed by atoms with Crippen LogP contribution in [-0.2, 0) is 19.6 Å². The first-order valence-corrected chi connectivity index (χ1v) is 11.5. The molecule has 1 fully saturated rings. The number of nitrogens with one attached hydrogen (secondary N) is 2. The molecule has 10 heteroatoms. The minimum Gasteiger partial charge on any atom is -0.379 e. The minimum absolute atomic E-state index is 0.130. The van der Waals surface area contributed by atoms with Crippen molar-refractivity contribution < 1.29 is 17.9 Å². The van der Waals surface area contributed by atoms with Crippen molar-refractivity contribution >= 4 is 33.3 Å². The standard InChI is InChI=1S/C22H23N5O4S/c1-16(28)24-18-4-2-17(3-5-18)21-10-11-23-22(26-21)25-19-6-8-20(9-7-19)32(29,30)27-12-14-31-15-13-27/h2-11H,12-15H2,1H3,(H,24,28)(H,23,25,26). The van der Waals surface area contributed by atoms with Crippen molar-refractivity contribution in [3.63, 3.8) is 0 Å². The van der Waals surface area contributed by atoms with Crippen LogP contribution in [-0.4, -0.2) is 54.9 Å². The van der Waals surface area contributed by atoms with E-state index in [-0.39, 0.29) is 10.8 Å². The highest BCUT2D eigenvalue weighted by molar-refractivity contribution is 7.89. The van der Waals surface area contributed by atoms with Crippen LogP contribution in [0.5, 0.6) is 0 Å². The summed E-state index contributed by atoms with van der Waals surface area (Å²) in [5.74, 6) is 0.257. The number of hydrogen-bond acceptors (Lipinski definition) is 7. The van der Waals surface area contributed by atoms with E-state index in [0.717, 1.165) is 5.56 Å².